The van der Waals surface area contributed by atoms with E-state index < -0.39 is 50.2 Å². The van der Waals surface area contributed by atoms with Gasteiger partial charge < -0.3 is 14.9 Å². The molecule has 3 heterocycles. The second-order valence-electron chi connectivity index (χ2n) is 11.7. The van der Waals surface area contributed by atoms with Crippen LogP contribution in [-0.2, 0) is 32.1 Å². The van der Waals surface area contributed by atoms with Crippen molar-refractivity contribution in [2.24, 2.45) is 0 Å². The summed E-state index contributed by atoms with van der Waals surface area (Å²) >= 11 is 6.11. The molecule has 0 saturated carbocycles. The van der Waals surface area contributed by atoms with E-state index in [4.69, 9.17) is 11.6 Å². The maximum atomic E-state index is 15.1. The Morgan fingerprint density at radius 2 is 1.71 bits per heavy atom. The van der Waals surface area contributed by atoms with Crippen LogP contribution in [0.5, 0.6) is 0 Å². The Balaban J connectivity index is 1.61. The van der Waals surface area contributed by atoms with Crippen LogP contribution in [0.2, 0.25) is 5.02 Å². The zero-order valence-corrected chi connectivity index (χ0v) is 24.4. The lowest BCUT2D eigenvalue weighted by Crippen LogP contribution is -2.61. The van der Waals surface area contributed by atoms with E-state index in [0.717, 1.165) is 5.56 Å². The molecule has 1 amide bonds. The maximum absolute atomic E-state index is 15.1. The minimum Gasteiger partial charge on any atom is -0.380 e. The zero-order valence-electron chi connectivity index (χ0n) is 22.8. The van der Waals surface area contributed by atoms with E-state index in [0.29, 0.717) is 42.6 Å². The van der Waals surface area contributed by atoms with E-state index in [1.165, 1.54) is 12.1 Å². The van der Waals surface area contributed by atoms with Crippen molar-refractivity contribution in [3.63, 3.8) is 0 Å². The van der Waals surface area contributed by atoms with Gasteiger partial charge in [-0.3, -0.25) is 4.79 Å². The molecule has 6 nitrogen and oxygen atoms in total. The van der Waals surface area contributed by atoms with Crippen molar-refractivity contribution in [1.29, 1.82) is 0 Å². The summed E-state index contributed by atoms with van der Waals surface area (Å²) in [4.78, 5) is 17.4. The molecule has 0 bridgehead atoms. The van der Waals surface area contributed by atoms with Crippen molar-refractivity contribution >= 4 is 33.0 Å². The van der Waals surface area contributed by atoms with Gasteiger partial charge in [0, 0.05) is 41.3 Å². The van der Waals surface area contributed by atoms with Crippen LogP contribution in [0.15, 0.2) is 42.5 Å². The third-order valence-corrected chi connectivity index (χ3v) is 11.2. The maximum Gasteiger partial charge on any atom is 0.426 e. The van der Waals surface area contributed by atoms with E-state index in [9.17, 15) is 31.5 Å². The number of sulfone groups is 1. The van der Waals surface area contributed by atoms with Crippen LogP contribution in [0.25, 0.3) is 0 Å². The highest BCUT2D eigenvalue weighted by molar-refractivity contribution is 7.91. The van der Waals surface area contributed by atoms with Crippen molar-refractivity contribution in [2.45, 2.75) is 68.4 Å². The summed E-state index contributed by atoms with van der Waals surface area (Å²) in [5.74, 6) is -1.09. The number of carbonyl (C=O) groups excluding carboxylic acids is 1. The molecule has 3 atom stereocenters. The number of hydrogen-bond donors (Lipinski definition) is 1. The first-order valence-electron chi connectivity index (χ1n) is 13.7. The Bertz CT molecular complexity index is 1430. The van der Waals surface area contributed by atoms with E-state index in [1.54, 1.807) is 23.1 Å². The minimum absolute atomic E-state index is 0.189. The van der Waals surface area contributed by atoms with Gasteiger partial charge in [-0.25, -0.2) is 12.8 Å². The Labute approximate surface area is 242 Å². The molecule has 5 rings (SSSR count). The van der Waals surface area contributed by atoms with Gasteiger partial charge in [0.2, 0.25) is 5.67 Å². The van der Waals surface area contributed by atoms with Gasteiger partial charge in [-0.1, -0.05) is 35.9 Å². The highest BCUT2D eigenvalue weighted by Gasteiger charge is 2.58. The Hall–Kier alpha value is -2.37. The molecule has 3 aliphatic heterocycles. The minimum atomic E-state index is -5.10. The van der Waals surface area contributed by atoms with Gasteiger partial charge in [-0.05, 0) is 68.9 Å². The summed E-state index contributed by atoms with van der Waals surface area (Å²) < 4.78 is 80.0. The second-order valence-corrected chi connectivity index (χ2v) is 14.4. The Morgan fingerprint density at radius 3 is 2.29 bits per heavy atom. The first-order valence-corrected chi connectivity index (χ1v) is 15.9. The molecular formula is C29H33ClF4N2O4S. The second kappa shape index (κ2) is 10.1. The number of halogens is 5. The number of likely N-dealkylation sites (tertiary alicyclic amines) is 1. The van der Waals surface area contributed by atoms with Crippen molar-refractivity contribution in [2.75, 3.05) is 36.0 Å². The molecule has 0 spiro atoms. The first kappa shape index (κ1) is 30.1. The molecule has 3 unspecified atom stereocenters. The van der Waals surface area contributed by atoms with Gasteiger partial charge in [-0.15, -0.1) is 0 Å². The summed E-state index contributed by atoms with van der Waals surface area (Å²) in [6.07, 6.45) is -4.59. The third kappa shape index (κ3) is 5.12. The SMILES string of the molecule is CCN1CC2N(C(=O)C3(O)CCS(=O)(=O)CC3)CCC2(Cc2ccc(Cl)cc2)c2ccc(C(C)(F)C(F)(F)F)cc21. The molecule has 2 aromatic rings. The van der Waals surface area contributed by atoms with Crippen LogP contribution in [0.3, 0.4) is 0 Å². The number of rotatable bonds is 5. The van der Waals surface area contributed by atoms with Gasteiger partial charge in [0.15, 0.2) is 9.84 Å². The Morgan fingerprint density at radius 1 is 1.07 bits per heavy atom. The number of likely N-dealkylation sites (N-methyl/N-ethyl adjacent to an activating group) is 1. The van der Waals surface area contributed by atoms with E-state index in [1.807, 2.05) is 24.0 Å². The zero-order chi connectivity index (χ0) is 30.0. The van der Waals surface area contributed by atoms with Gasteiger partial charge >= 0.3 is 6.18 Å². The molecule has 224 valence electrons. The number of fused-ring (bicyclic) bond motifs is 3. The summed E-state index contributed by atoms with van der Waals surface area (Å²) in [5, 5.41) is 11.9. The molecule has 3 aliphatic rings. The van der Waals surface area contributed by atoms with Crippen LogP contribution >= 0.6 is 11.6 Å². The first-order chi connectivity index (χ1) is 19.0. The number of nitrogens with zero attached hydrogens (tertiary/aromatic N) is 2. The fraction of sp³-hybridized carbons (Fsp3) is 0.552. The molecule has 41 heavy (non-hydrogen) atoms. The highest BCUT2D eigenvalue weighted by Crippen LogP contribution is 2.52. The van der Waals surface area contributed by atoms with Crippen LogP contribution in [0, 0.1) is 0 Å². The van der Waals surface area contributed by atoms with Crippen molar-refractivity contribution in [1.82, 2.24) is 4.90 Å². The van der Waals surface area contributed by atoms with Gasteiger partial charge in [-0.2, -0.15) is 13.2 Å². The summed E-state index contributed by atoms with van der Waals surface area (Å²) in [6, 6.07) is 10.7. The number of aliphatic hydroxyl groups is 1. The predicted octanol–water partition coefficient (Wildman–Crippen LogP) is 4.95. The molecule has 2 aromatic carbocycles. The molecular weight excluding hydrogens is 584 g/mol. The van der Waals surface area contributed by atoms with Crippen LogP contribution in [0.4, 0.5) is 23.2 Å². The van der Waals surface area contributed by atoms with E-state index in [-0.39, 0.29) is 37.4 Å². The highest BCUT2D eigenvalue weighted by atomic mass is 35.5. The van der Waals surface area contributed by atoms with Gasteiger partial charge in [0.05, 0.1) is 17.5 Å². The normalized spacial score (nSPS) is 26.7. The molecule has 0 aliphatic carbocycles. The summed E-state index contributed by atoms with van der Waals surface area (Å²) in [5.41, 5.74) is -4.51. The van der Waals surface area contributed by atoms with Crippen molar-refractivity contribution in [3.05, 3.63) is 64.2 Å². The van der Waals surface area contributed by atoms with Crippen molar-refractivity contribution in [3.8, 4) is 0 Å². The average Bonchev–Trinajstić information content (AvgIpc) is 3.28. The molecule has 1 N–H and O–H groups in total. The Kier molecular flexibility index (Phi) is 7.43. The topological polar surface area (TPSA) is 77.9 Å². The molecule has 12 heteroatoms. The molecule has 0 radical (unpaired) electrons. The van der Waals surface area contributed by atoms with Crippen LogP contribution in [-0.4, -0.2) is 73.3 Å². The third-order valence-electron chi connectivity index (χ3n) is 9.28. The number of carbonyl (C=O) groups is 1. The largest absolute Gasteiger partial charge is 0.426 e. The lowest BCUT2D eigenvalue weighted by atomic mass is 9.66. The summed E-state index contributed by atoms with van der Waals surface area (Å²) in [6.45, 7) is 3.27. The number of benzene rings is 2. The predicted molar refractivity (Wildman–Crippen MR) is 149 cm³/mol. The fourth-order valence-corrected chi connectivity index (χ4v) is 8.30. The number of hydrogen-bond acceptors (Lipinski definition) is 5. The lowest BCUT2D eigenvalue weighted by Gasteiger charge is -2.49. The smallest absolute Gasteiger partial charge is 0.380 e. The number of amides is 1. The van der Waals surface area contributed by atoms with Crippen molar-refractivity contribution < 1.29 is 35.9 Å². The monoisotopic (exact) mass is 616 g/mol. The standard InChI is InChI=1S/C29H33ClF4N2O4S/c1-3-35-18-24-27(17-19-4-7-21(30)8-5-19,22-9-6-20(16-23(22)35)26(2,31)29(32,33)34)10-13-36(24)25(37)28(38)11-14-41(39,40)15-12-28/h4-9,16,24,38H,3,10-15,17-18H2,1-2H3. The molecule has 0 aromatic heterocycles. The quantitative estimate of drug-likeness (QED) is 0.481. The fourth-order valence-electron chi connectivity index (χ4n) is 6.67. The molecule has 2 fully saturated rings. The molecule has 2 saturated heterocycles. The van der Waals surface area contributed by atoms with E-state index in [2.05, 4.69) is 0 Å². The van der Waals surface area contributed by atoms with Crippen LogP contribution < -0.4 is 4.90 Å². The van der Waals surface area contributed by atoms with Gasteiger partial charge in [0.1, 0.15) is 5.60 Å². The number of anilines is 1. The average molecular weight is 617 g/mol. The van der Waals surface area contributed by atoms with E-state index >= 15 is 4.39 Å². The lowest BCUT2D eigenvalue weighted by molar-refractivity contribution is -0.228. The van der Waals surface area contributed by atoms with Gasteiger partial charge in [0.25, 0.3) is 5.91 Å². The van der Waals surface area contributed by atoms with Crippen LogP contribution in [0.1, 0.15) is 49.8 Å². The number of alkyl halides is 4. The summed E-state index contributed by atoms with van der Waals surface area (Å²) in [7, 11) is -3.33.